The lowest BCUT2D eigenvalue weighted by Gasteiger charge is -2.16. The number of amides is 1. The summed E-state index contributed by atoms with van der Waals surface area (Å²) in [5.41, 5.74) is 1.12. The second-order valence-corrected chi connectivity index (χ2v) is 8.68. The average molecular weight is 462 g/mol. The number of rotatable bonds is 7. The first-order valence-electron chi connectivity index (χ1n) is 9.95. The van der Waals surface area contributed by atoms with E-state index in [1.165, 1.54) is 23.9 Å². The molecule has 0 bridgehead atoms. The maximum absolute atomic E-state index is 13.1. The second-order valence-electron chi connectivity index (χ2n) is 7.30. The van der Waals surface area contributed by atoms with Gasteiger partial charge in [-0.1, -0.05) is 35.5 Å². The lowest BCUT2D eigenvalue weighted by atomic mass is 10.2. The van der Waals surface area contributed by atoms with E-state index in [4.69, 9.17) is 16.3 Å². The summed E-state index contributed by atoms with van der Waals surface area (Å²) in [6.07, 6.45) is 1.80. The van der Waals surface area contributed by atoms with Crippen molar-refractivity contribution >= 4 is 40.2 Å². The van der Waals surface area contributed by atoms with Crippen LogP contribution in [0.3, 0.4) is 0 Å². The fourth-order valence-corrected chi connectivity index (χ4v) is 4.43. The molecule has 162 valence electrons. The highest BCUT2D eigenvalue weighted by Crippen LogP contribution is 2.22. The zero-order valence-corrected chi connectivity index (χ0v) is 18.2. The molecule has 1 amide bonds. The molecule has 0 saturated carbocycles. The maximum Gasteiger partial charge on any atom is 0.262 e. The molecule has 9 heteroatoms. The van der Waals surface area contributed by atoms with Crippen molar-refractivity contribution < 1.29 is 13.9 Å². The van der Waals surface area contributed by atoms with Gasteiger partial charge < -0.3 is 10.1 Å². The number of carbonyl (C=O) groups excluding carboxylic acids is 1. The summed E-state index contributed by atoms with van der Waals surface area (Å²) in [4.78, 5) is 30.1. The minimum atomic E-state index is -0.322. The molecule has 1 fully saturated rings. The van der Waals surface area contributed by atoms with E-state index >= 15 is 0 Å². The normalized spacial score (nSPS) is 16.0. The van der Waals surface area contributed by atoms with Crippen molar-refractivity contribution in [3.8, 4) is 0 Å². The first-order valence-corrected chi connectivity index (χ1v) is 11.3. The van der Waals surface area contributed by atoms with E-state index in [1.54, 1.807) is 34.9 Å². The highest BCUT2D eigenvalue weighted by Gasteiger charge is 2.21. The molecule has 1 aliphatic heterocycles. The van der Waals surface area contributed by atoms with Crippen molar-refractivity contribution in [1.29, 1.82) is 0 Å². The Morgan fingerprint density at radius 2 is 2.10 bits per heavy atom. The third kappa shape index (κ3) is 5.44. The largest absolute Gasteiger partial charge is 0.376 e. The van der Waals surface area contributed by atoms with Crippen molar-refractivity contribution in [2.45, 2.75) is 37.2 Å². The van der Waals surface area contributed by atoms with Crippen LogP contribution in [0.1, 0.15) is 18.4 Å². The van der Waals surface area contributed by atoms with Gasteiger partial charge in [0.05, 0.1) is 29.3 Å². The first kappa shape index (κ1) is 21.8. The van der Waals surface area contributed by atoms with Crippen LogP contribution in [0.4, 0.5) is 4.39 Å². The summed E-state index contributed by atoms with van der Waals surface area (Å²) in [7, 11) is 0. The number of nitrogens with one attached hydrogen (secondary N) is 1. The van der Waals surface area contributed by atoms with Gasteiger partial charge >= 0.3 is 0 Å². The van der Waals surface area contributed by atoms with E-state index in [9.17, 15) is 14.0 Å². The molecule has 1 unspecified atom stereocenters. The summed E-state index contributed by atoms with van der Waals surface area (Å²) < 4.78 is 20.3. The molecule has 1 aliphatic rings. The number of hydrogen-bond acceptors (Lipinski definition) is 5. The Labute approximate surface area is 187 Å². The smallest absolute Gasteiger partial charge is 0.262 e. The van der Waals surface area contributed by atoms with E-state index in [-0.39, 0.29) is 29.1 Å². The number of ether oxygens (including phenoxy) is 1. The van der Waals surface area contributed by atoms with Crippen LogP contribution in [0.2, 0.25) is 5.02 Å². The molecule has 2 heterocycles. The number of fused-ring (bicyclic) bond motifs is 1. The minimum absolute atomic E-state index is 0.0455. The predicted octanol–water partition coefficient (Wildman–Crippen LogP) is 3.78. The van der Waals surface area contributed by atoms with Crippen LogP contribution in [0, 0.1) is 5.82 Å². The van der Waals surface area contributed by atoms with Crippen molar-refractivity contribution in [3.05, 3.63) is 69.2 Å². The lowest BCUT2D eigenvalue weighted by Crippen LogP contribution is -2.30. The Bertz CT molecular complexity index is 1150. The van der Waals surface area contributed by atoms with Gasteiger partial charge in [0.25, 0.3) is 5.56 Å². The van der Waals surface area contributed by atoms with Crippen molar-refractivity contribution in [2.75, 3.05) is 12.4 Å². The molecule has 1 aromatic heterocycles. The van der Waals surface area contributed by atoms with Gasteiger partial charge in [0, 0.05) is 18.2 Å². The fourth-order valence-electron chi connectivity index (χ4n) is 3.42. The Morgan fingerprint density at radius 3 is 2.84 bits per heavy atom. The third-order valence-corrected chi connectivity index (χ3v) is 6.24. The van der Waals surface area contributed by atoms with E-state index in [0.29, 0.717) is 40.8 Å². The number of carbonyl (C=O) groups is 1. The average Bonchev–Trinajstić information content (AvgIpc) is 3.27. The maximum atomic E-state index is 13.1. The quantitative estimate of drug-likeness (QED) is 0.428. The molecule has 1 atom stereocenters. The molecule has 1 saturated heterocycles. The number of aromatic nitrogens is 2. The van der Waals surface area contributed by atoms with Crippen LogP contribution in [0.25, 0.3) is 10.9 Å². The predicted molar refractivity (Wildman–Crippen MR) is 119 cm³/mol. The minimum Gasteiger partial charge on any atom is -0.376 e. The van der Waals surface area contributed by atoms with Crippen molar-refractivity contribution in [2.24, 2.45) is 0 Å². The molecule has 2 aromatic carbocycles. The van der Waals surface area contributed by atoms with Crippen LogP contribution in [-0.4, -0.2) is 33.9 Å². The van der Waals surface area contributed by atoms with E-state index in [1.807, 2.05) is 0 Å². The molecule has 4 rings (SSSR count). The number of thioether (sulfide) groups is 1. The fraction of sp³-hybridized carbons (Fsp3) is 0.318. The van der Waals surface area contributed by atoms with Crippen LogP contribution in [0.5, 0.6) is 0 Å². The third-order valence-electron chi connectivity index (χ3n) is 5.03. The molecule has 31 heavy (non-hydrogen) atoms. The van der Waals surface area contributed by atoms with Gasteiger partial charge in [-0.25, -0.2) is 9.37 Å². The number of halogens is 2. The van der Waals surface area contributed by atoms with Crippen molar-refractivity contribution in [3.63, 3.8) is 0 Å². The number of benzene rings is 2. The van der Waals surface area contributed by atoms with Crippen LogP contribution in [-0.2, 0) is 22.6 Å². The van der Waals surface area contributed by atoms with E-state index in [2.05, 4.69) is 10.3 Å². The zero-order valence-electron chi connectivity index (χ0n) is 16.6. The molecule has 0 radical (unpaired) electrons. The Hall–Kier alpha value is -2.42. The van der Waals surface area contributed by atoms with Crippen molar-refractivity contribution in [1.82, 2.24) is 14.9 Å². The highest BCUT2D eigenvalue weighted by molar-refractivity contribution is 7.99. The molecular formula is C22H21ClFN3O3S. The van der Waals surface area contributed by atoms with Gasteiger partial charge in [0.2, 0.25) is 5.91 Å². The summed E-state index contributed by atoms with van der Waals surface area (Å²) in [5, 5.41) is 4.22. The SMILES string of the molecule is O=C(CSc1nc2cc(Cl)ccc2c(=O)n1CC1CCCO1)NCc1ccc(F)cc1. The Balaban J connectivity index is 1.51. The zero-order chi connectivity index (χ0) is 21.8. The standard InChI is InChI=1S/C22H21ClFN3O3S/c23-15-5-8-18-19(10-15)26-22(27(21(18)29)12-17-2-1-9-30-17)31-13-20(28)25-11-14-3-6-16(24)7-4-14/h3-8,10,17H,1-2,9,11-13H2,(H,25,28). The summed E-state index contributed by atoms with van der Waals surface area (Å²) in [6.45, 7) is 1.37. The van der Waals surface area contributed by atoms with Gasteiger partial charge in [-0.2, -0.15) is 0 Å². The monoisotopic (exact) mass is 461 g/mol. The van der Waals surface area contributed by atoms with Crippen LogP contribution in [0.15, 0.2) is 52.4 Å². The van der Waals surface area contributed by atoms with Crippen LogP contribution >= 0.6 is 23.4 Å². The van der Waals surface area contributed by atoms with Gasteiger partial charge in [0.15, 0.2) is 5.16 Å². The summed E-state index contributed by atoms with van der Waals surface area (Å²) >= 11 is 7.27. The molecule has 6 nitrogen and oxygen atoms in total. The topological polar surface area (TPSA) is 73.2 Å². The lowest BCUT2D eigenvalue weighted by molar-refractivity contribution is -0.118. The van der Waals surface area contributed by atoms with Gasteiger partial charge in [0.1, 0.15) is 5.82 Å². The van der Waals surface area contributed by atoms with E-state index in [0.717, 1.165) is 18.4 Å². The van der Waals surface area contributed by atoms with Gasteiger partial charge in [-0.05, 0) is 48.7 Å². The second kappa shape index (κ2) is 9.80. The van der Waals surface area contributed by atoms with Gasteiger partial charge in [-0.15, -0.1) is 0 Å². The van der Waals surface area contributed by atoms with Gasteiger partial charge in [-0.3, -0.25) is 14.2 Å². The summed E-state index contributed by atoms with van der Waals surface area (Å²) in [5.74, 6) is -0.443. The number of nitrogens with zero attached hydrogens (tertiary/aromatic N) is 2. The highest BCUT2D eigenvalue weighted by atomic mass is 35.5. The summed E-state index contributed by atoms with van der Waals surface area (Å²) in [6, 6.07) is 10.9. The molecule has 1 N–H and O–H groups in total. The Morgan fingerprint density at radius 1 is 1.29 bits per heavy atom. The molecule has 0 aliphatic carbocycles. The van der Waals surface area contributed by atoms with Crippen LogP contribution < -0.4 is 10.9 Å². The first-order chi connectivity index (χ1) is 15.0. The molecule has 3 aromatic rings. The molecule has 0 spiro atoms. The Kier molecular flexibility index (Phi) is 6.89. The molecular weight excluding hydrogens is 441 g/mol. The number of hydrogen-bond donors (Lipinski definition) is 1. The van der Waals surface area contributed by atoms with E-state index < -0.39 is 0 Å².